The first-order valence-electron chi connectivity index (χ1n) is 9.22. The predicted octanol–water partition coefficient (Wildman–Crippen LogP) is 2.75. The summed E-state index contributed by atoms with van der Waals surface area (Å²) in [5.74, 6) is 2.00. The van der Waals surface area contributed by atoms with Gasteiger partial charge >= 0.3 is 0 Å². The molecule has 2 aliphatic heterocycles. The average molecular weight is 346 g/mol. The van der Waals surface area contributed by atoms with Crippen LogP contribution in [-0.4, -0.2) is 39.7 Å². The Bertz CT molecular complexity index is 997. The lowest BCUT2D eigenvalue weighted by molar-refractivity contribution is 0.459. The molecule has 2 aliphatic rings. The molecular formula is C20H22N6. The van der Waals surface area contributed by atoms with E-state index in [0.717, 1.165) is 60.5 Å². The summed E-state index contributed by atoms with van der Waals surface area (Å²) in [6.07, 6.45) is 7.06. The first kappa shape index (κ1) is 15.5. The number of pyridine rings is 1. The molecule has 5 rings (SSSR count). The molecule has 2 N–H and O–H groups in total. The molecule has 2 aromatic heterocycles. The fraction of sp³-hybridized carbons (Fsp3) is 0.350. The molecule has 0 saturated carbocycles. The van der Waals surface area contributed by atoms with Crippen molar-refractivity contribution >= 4 is 22.6 Å². The Morgan fingerprint density at radius 2 is 2.04 bits per heavy atom. The van der Waals surface area contributed by atoms with Crippen molar-refractivity contribution in [1.82, 2.24) is 20.1 Å². The minimum Gasteiger partial charge on any atom is -0.328 e. The monoisotopic (exact) mass is 346 g/mol. The first-order chi connectivity index (χ1) is 12.7. The molecule has 0 atom stereocenters. The molecular weight excluding hydrogens is 324 g/mol. The lowest BCUT2D eigenvalue weighted by atomic mass is 10.0. The third-order valence-electron chi connectivity index (χ3n) is 5.19. The van der Waals surface area contributed by atoms with E-state index in [2.05, 4.69) is 45.0 Å². The van der Waals surface area contributed by atoms with Crippen LogP contribution in [-0.2, 0) is 13.5 Å². The molecule has 1 saturated heterocycles. The zero-order valence-corrected chi connectivity index (χ0v) is 14.9. The highest BCUT2D eigenvalue weighted by Crippen LogP contribution is 2.29. The molecule has 6 heteroatoms. The number of benzene rings is 1. The van der Waals surface area contributed by atoms with Crippen LogP contribution in [0.4, 0.5) is 5.82 Å². The lowest BCUT2D eigenvalue weighted by Gasteiger charge is -2.19. The van der Waals surface area contributed by atoms with Crippen LogP contribution in [0.5, 0.6) is 0 Å². The van der Waals surface area contributed by atoms with Crippen LogP contribution >= 0.6 is 0 Å². The fourth-order valence-corrected chi connectivity index (χ4v) is 3.84. The maximum atomic E-state index is 4.91. The van der Waals surface area contributed by atoms with Gasteiger partial charge in [0.25, 0.3) is 0 Å². The van der Waals surface area contributed by atoms with Crippen LogP contribution in [0, 0.1) is 0 Å². The van der Waals surface area contributed by atoms with Gasteiger partial charge in [-0.3, -0.25) is 9.67 Å². The van der Waals surface area contributed by atoms with Crippen LogP contribution in [0.15, 0.2) is 41.7 Å². The van der Waals surface area contributed by atoms with E-state index in [4.69, 9.17) is 4.99 Å². The van der Waals surface area contributed by atoms with Crippen molar-refractivity contribution < 1.29 is 0 Å². The molecule has 26 heavy (non-hydrogen) atoms. The summed E-state index contributed by atoms with van der Waals surface area (Å²) in [6, 6.07) is 9.03. The fourth-order valence-electron chi connectivity index (χ4n) is 3.84. The molecule has 0 spiro atoms. The first-order valence-corrected chi connectivity index (χ1v) is 9.22. The number of aryl methyl sites for hydroxylation is 1. The number of nitrogens with zero attached hydrogens (tertiary/aromatic N) is 4. The summed E-state index contributed by atoms with van der Waals surface area (Å²) < 4.78 is 1.85. The highest BCUT2D eigenvalue weighted by molar-refractivity contribution is 6.02. The second kappa shape index (κ2) is 6.21. The molecule has 4 heterocycles. The normalized spacial score (nSPS) is 19.0. The van der Waals surface area contributed by atoms with E-state index >= 15 is 0 Å². The Balaban J connectivity index is 1.42. The van der Waals surface area contributed by atoms with Gasteiger partial charge in [-0.05, 0) is 49.7 Å². The van der Waals surface area contributed by atoms with Crippen LogP contribution in [0.2, 0.25) is 0 Å². The molecule has 6 nitrogen and oxygen atoms in total. The van der Waals surface area contributed by atoms with Gasteiger partial charge in [-0.2, -0.15) is 5.10 Å². The van der Waals surface area contributed by atoms with Crippen LogP contribution in [0.1, 0.15) is 18.4 Å². The number of amidine groups is 1. The van der Waals surface area contributed by atoms with E-state index < -0.39 is 0 Å². The number of aromatic nitrogens is 3. The topological polar surface area (TPSA) is 67.1 Å². The van der Waals surface area contributed by atoms with Crippen molar-refractivity contribution in [2.24, 2.45) is 12.0 Å². The van der Waals surface area contributed by atoms with Gasteiger partial charge in [0, 0.05) is 42.4 Å². The number of rotatable bonds is 2. The summed E-state index contributed by atoms with van der Waals surface area (Å²) in [4.78, 5) is 9.55. The number of anilines is 1. The molecule has 132 valence electrons. The Hall–Kier alpha value is -2.73. The number of fused-ring (bicyclic) bond motifs is 2. The molecule has 0 bridgehead atoms. The third-order valence-corrected chi connectivity index (χ3v) is 5.19. The third kappa shape index (κ3) is 2.86. The zero-order valence-electron chi connectivity index (χ0n) is 14.9. The van der Waals surface area contributed by atoms with Crippen molar-refractivity contribution in [1.29, 1.82) is 0 Å². The van der Waals surface area contributed by atoms with Crippen molar-refractivity contribution in [2.75, 3.05) is 18.4 Å². The number of piperidine rings is 1. The van der Waals surface area contributed by atoms with Gasteiger partial charge in [-0.25, -0.2) is 4.98 Å². The standard InChI is InChI=1S/C20H22N6/c1-26-12-16-8-13(2-3-18(16)25-26)15-9-14-10-19(24-20(14)22-11-15)23-17-4-6-21-7-5-17/h2-3,8-9,11-12,17,21H,4-7,10H2,1H3,(H,22,23,24). The average Bonchev–Trinajstić information content (AvgIpc) is 3.22. The van der Waals surface area contributed by atoms with E-state index in [0.29, 0.717) is 6.04 Å². The Kier molecular flexibility index (Phi) is 3.71. The molecule has 1 fully saturated rings. The molecule has 1 aromatic carbocycles. The maximum Gasteiger partial charge on any atom is 0.134 e. The predicted molar refractivity (Wildman–Crippen MR) is 105 cm³/mol. The van der Waals surface area contributed by atoms with Crippen LogP contribution < -0.4 is 10.6 Å². The molecule has 0 aliphatic carbocycles. The number of nitrogens with one attached hydrogen (secondary N) is 2. The summed E-state index contributed by atoms with van der Waals surface area (Å²) in [5, 5.41) is 12.4. The largest absolute Gasteiger partial charge is 0.328 e. The van der Waals surface area contributed by atoms with Gasteiger partial charge in [0.15, 0.2) is 0 Å². The van der Waals surface area contributed by atoms with E-state index in [9.17, 15) is 0 Å². The summed E-state index contributed by atoms with van der Waals surface area (Å²) in [7, 11) is 1.95. The molecule has 3 aromatic rings. The summed E-state index contributed by atoms with van der Waals surface area (Å²) in [5.41, 5.74) is 4.55. The Labute approximate surface area is 152 Å². The number of aliphatic imine (C=N–C) groups is 1. The van der Waals surface area contributed by atoms with Gasteiger partial charge < -0.3 is 10.6 Å². The van der Waals surface area contributed by atoms with Gasteiger partial charge in [0.1, 0.15) is 11.7 Å². The van der Waals surface area contributed by atoms with E-state index in [1.165, 1.54) is 11.1 Å². The van der Waals surface area contributed by atoms with Crippen LogP contribution in [0.25, 0.3) is 22.0 Å². The van der Waals surface area contributed by atoms with Crippen molar-refractivity contribution in [3.8, 4) is 11.1 Å². The van der Waals surface area contributed by atoms with Crippen molar-refractivity contribution in [2.45, 2.75) is 25.3 Å². The molecule has 0 amide bonds. The van der Waals surface area contributed by atoms with E-state index in [-0.39, 0.29) is 0 Å². The lowest BCUT2D eigenvalue weighted by Crippen LogP contribution is -2.31. The zero-order chi connectivity index (χ0) is 17.5. The minimum atomic E-state index is 0.431. The molecule has 0 radical (unpaired) electrons. The van der Waals surface area contributed by atoms with E-state index in [1.807, 2.05) is 24.1 Å². The Morgan fingerprint density at radius 3 is 2.92 bits per heavy atom. The highest BCUT2D eigenvalue weighted by Gasteiger charge is 2.20. The van der Waals surface area contributed by atoms with E-state index in [1.54, 1.807) is 0 Å². The number of hydrogen-bond donors (Lipinski definition) is 2. The minimum absolute atomic E-state index is 0.431. The smallest absolute Gasteiger partial charge is 0.134 e. The van der Waals surface area contributed by atoms with Crippen molar-refractivity contribution in [3.63, 3.8) is 0 Å². The second-order valence-electron chi connectivity index (χ2n) is 7.17. The van der Waals surface area contributed by atoms with Gasteiger partial charge in [-0.15, -0.1) is 0 Å². The second-order valence-corrected chi connectivity index (χ2v) is 7.17. The maximum absolute atomic E-state index is 4.91. The van der Waals surface area contributed by atoms with Gasteiger partial charge in [0.05, 0.1) is 11.6 Å². The van der Waals surface area contributed by atoms with Gasteiger partial charge in [-0.1, -0.05) is 6.07 Å². The quantitative estimate of drug-likeness (QED) is 0.749. The summed E-state index contributed by atoms with van der Waals surface area (Å²) in [6.45, 7) is 2.13. The van der Waals surface area contributed by atoms with Crippen LogP contribution in [0.3, 0.4) is 0 Å². The van der Waals surface area contributed by atoms with Gasteiger partial charge in [0.2, 0.25) is 0 Å². The summed E-state index contributed by atoms with van der Waals surface area (Å²) >= 11 is 0. The Morgan fingerprint density at radius 1 is 1.15 bits per heavy atom. The molecule has 0 unspecified atom stereocenters. The van der Waals surface area contributed by atoms with Crippen molar-refractivity contribution in [3.05, 3.63) is 42.2 Å². The SMILES string of the molecule is Cn1cc2cc(-c3cnc4c(c3)CC(=NC3CCNCC3)N4)ccc2n1. The number of hydrogen-bond acceptors (Lipinski definition) is 4. The highest BCUT2D eigenvalue weighted by atomic mass is 15.2.